The molecule has 1 saturated heterocycles. The second kappa shape index (κ2) is 8.34. The van der Waals surface area contributed by atoms with Crippen molar-refractivity contribution >= 4 is 55.7 Å². The van der Waals surface area contributed by atoms with Crippen LogP contribution in [0.2, 0.25) is 5.02 Å². The lowest BCUT2D eigenvalue weighted by molar-refractivity contribution is -0.132. The highest BCUT2D eigenvalue weighted by Crippen LogP contribution is 2.45. The van der Waals surface area contributed by atoms with Crippen LogP contribution in [0.5, 0.6) is 0 Å². The van der Waals surface area contributed by atoms with Crippen LogP contribution in [0.1, 0.15) is 28.3 Å². The van der Waals surface area contributed by atoms with Gasteiger partial charge >= 0.3 is 5.91 Å². The zero-order chi connectivity index (χ0) is 24.1. The van der Waals surface area contributed by atoms with Gasteiger partial charge in [0.1, 0.15) is 17.6 Å². The topological polar surface area (TPSA) is 70.5 Å². The number of hydrogen-bond donors (Lipinski definition) is 1. The lowest BCUT2D eigenvalue weighted by Gasteiger charge is -2.23. The quantitative estimate of drug-likeness (QED) is 0.206. The lowest BCUT2D eigenvalue weighted by Crippen LogP contribution is -2.29. The number of benzene rings is 3. The third-order valence-corrected chi connectivity index (χ3v) is 7.04. The summed E-state index contributed by atoms with van der Waals surface area (Å²) in [7, 11) is 0. The van der Waals surface area contributed by atoms with Crippen molar-refractivity contribution in [1.82, 2.24) is 4.98 Å². The zero-order valence-corrected chi connectivity index (χ0v) is 19.7. The predicted molar refractivity (Wildman–Crippen MR) is 132 cm³/mol. The van der Waals surface area contributed by atoms with E-state index >= 15 is 4.39 Å². The Kier molecular flexibility index (Phi) is 5.46. The molecule has 1 amide bonds. The number of hydrogen-bond acceptors (Lipinski definition) is 5. The molecule has 0 spiro atoms. The predicted octanol–water partition coefficient (Wildman–Crippen LogP) is 6.33. The fourth-order valence-electron chi connectivity index (χ4n) is 4.25. The summed E-state index contributed by atoms with van der Waals surface area (Å²) in [6.07, 6.45) is 0. The number of nitrogens with zero attached hydrogens (tertiary/aromatic N) is 2. The van der Waals surface area contributed by atoms with Gasteiger partial charge in [0.05, 0.1) is 15.8 Å². The van der Waals surface area contributed by atoms with Crippen LogP contribution in [0, 0.1) is 19.7 Å². The number of amides is 1. The fraction of sp³-hybridized carbons (Fsp3) is 0.115. The van der Waals surface area contributed by atoms with Crippen molar-refractivity contribution in [3.05, 3.63) is 99.3 Å². The third kappa shape index (κ3) is 3.57. The summed E-state index contributed by atoms with van der Waals surface area (Å²) < 4.78 is 15.9. The number of thiazole rings is 1. The van der Waals surface area contributed by atoms with Gasteiger partial charge < -0.3 is 5.11 Å². The molecule has 0 bridgehead atoms. The Balaban J connectivity index is 1.76. The summed E-state index contributed by atoms with van der Waals surface area (Å²) in [4.78, 5) is 32.3. The smallest absolute Gasteiger partial charge is 0.301 e. The minimum atomic E-state index is -1.18. The molecule has 5 rings (SSSR count). The van der Waals surface area contributed by atoms with E-state index in [1.165, 1.54) is 46.6 Å². The van der Waals surface area contributed by atoms with Gasteiger partial charge in [-0.25, -0.2) is 9.37 Å². The van der Waals surface area contributed by atoms with Gasteiger partial charge in [-0.3, -0.25) is 14.5 Å². The van der Waals surface area contributed by atoms with Crippen molar-refractivity contribution < 1.29 is 19.1 Å². The fourth-order valence-corrected chi connectivity index (χ4v) is 5.54. The van der Waals surface area contributed by atoms with Crippen molar-refractivity contribution in [3.63, 3.8) is 0 Å². The Morgan fingerprint density at radius 2 is 1.79 bits per heavy atom. The van der Waals surface area contributed by atoms with Crippen LogP contribution in [0.4, 0.5) is 9.52 Å². The number of carbonyl (C=O) groups excluding carboxylic acids is 2. The minimum Gasteiger partial charge on any atom is -0.507 e. The Bertz CT molecular complexity index is 1510. The molecule has 0 aliphatic carbocycles. The molecule has 1 aromatic heterocycles. The van der Waals surface area contributed by atoms with Crippen LogP contribution in [0.15, 0.2) is 66.2 Å². The molecule has 2 heterocycles. The molecule has 1 fully saturated rings. The minimum absolute atomic E-state index is 0.0874. The Hall–Kier alpha value is -3.55. The highest BCUT2D eigenvalue weighted by molar-refractivity contribution is 7.22. The largest absolute Gasteiger partial charge is 0.507 e. The summed E-state index contributed by atoms with van der Waals surface area (Å²) in [5.74, 6) is -2.79. The number of aliphatic hydroxyl groups excluding tert-OH is 1. The van der Waals surface area contributed by atoms with Gasteiger partial charge in [-0.2, -0.15) is 0 Å². The number of aromatic nitrogens is 1. The summed E-state index contributed by atoms with van der Waals surface area (Å²) in [6, 6.07) is 14.8. The number of ketones is 1. The first-order valence-corrected chi connectivity index (χ1v) is 11.6. The maximum atomic E-state index is 15.0. The van der Waals surface area contributed by atoms with Gasteiger partial charge in [-0.1, -0.05) is 47.2 Å². The lowest BCUT2D eigenvalue weighted by atomic mass is 9.95. The molecular weight excluding hydrogens is 475 g/mol. The normalized spacial score (nSPS) is 17.6. The molecular formula is C26H18ClFN2O3S. The van der Waals surface area contributed by atoms with E-state index in [9.17, 15) is 14.7 Å². The van der Waals surface area contributed by atoms with E-state index in [0.29, 0.717) is 16.1 Å². The van der Waals surface area contributed by atoms with Gasteiger partial charge in [0.2, 0.25) is 0 Å². The molecule has 0 radical (unpaired) electrons. The standard InChI is InChI=1S/C26H18ClFN2O3S/c1-13-11-14(2)21-19(12-13)34-26(29-21)30-22(17-5-3-4-6-18(17)28)20(24(32)25(30)33)23(31)15-7-9-16(27)10-8-15/h3-12,22,31H,1-2H3. The maximum absolute atomic E-state index is 15.0. The van der Waals surface area contributed by atoms with Gasteiger partial charge in [-0.15, -0.1) is 0 Å². The second-order valence-corrected chi connectivity index (χ2v) is 9.57. The summed E-state index contributed by atoms with van der Waals surface area (Å²) in [5, 5.41) is 11.8. The first kappa shape index (κ1) is 22.3. The van der Waals surface area contributed by atoms with Crippen LogP contribution >= 0.6 is 22.9 Å². The highest BCUT2D eigenvalue weighted by atomic mass is 35.5. The van der Waals surface area contributed by atoms with Crippen LogP contribution in [-0.4, -0.2) is 21.8 Å². The number of fused-ring (bicyclic) bond motifs is 1. The number of anilines is 1. The molecule has 170 valence electrons. The number of halogens is 2. The summed E-state index contributed by atoms with van der Waals surface area (Å²) >= 11 is 7.20. The molecule has 34 heavy (non-hydrogen) atoms. The maximum Gasteiger partial charge on any atom is 0.301 e. The average molecular weight is 493 g/mol. The van der Waals surface area contributed by atoms with Crippen molar-refractivity contribution in [1.29, 1.82) is 0 Å². The number of carbonyl (C=O) groups is 2. The Morgan fingerprint density at radius 1 is 1.09 bits per heavy atom. The molecule has 1 atom stereocenters. The van der Waals surface area contributed by atoms with Crippen LogP contribution in [0.25, 0.3) is 16.0 Å². The van der Waals surface area contributed by atoms with Gasteiger partial charge in [-0.05, 0) is 61.4 Å². The summed E-state index contributed by atoms with van der Waals surface area (Å²) in [5.41, 5.74) is 2.85. The van der Waals surface area contributed by atoms with Gasteiger partial charge in [0, 0.05) is 16.1 Å². The van der Waals surface area contributed by atoms with Crippen molar-refractivity contribution in [2.24, 2.45) is 0 Å². The first-order valence-electron chi connectivity index (χ1n) is 10.5. The molecule has 3 aromatic carbocycles. The zero-order valence-electron chi connectivity index (χ0n) is 18.2. The van der Waals surface area contributed by atoms with Crippen molar-refractivity contribution in [2.75, 3.05) is 4.90 Å². The van der Waals surface area contributed by atoms with E-state index < -0.39 is 29.3 Å². The molecule has 0 saturated carbocycles. The first-order chi connectivity index (χ1) is 16.3. The molecule has 1 unspecified atom stereocenters. The molecule has 8 heteroatoms. The van der Waals surface area contributed by atoms with E-state index in [1.54, 1.807) is 18.2 Å². The monoisotopic (exact) mass is 492 g/mol. The molecule has 5 nitrogen and oxygen atoms in total. The van der Waals surface area contributed by atoms with E-state index in [4.69, 9.17) is 11.6 Å². The Morgan fingerprint density at radius 3 is 2.50 bits per heavy atom. The van der Waals surface area contributed by atoms with Crippen molar-refractivity contribution in [2.45, 2.75) is 19.9 Å². The average Bonchev–Trinajstić information content (AvgIpc) is 3.33. The van der Waals surface area contributed by atoms with E-state index in [2.05, 4.69) is 4.98 Å². The summed E-state index contributed by atoms with van der Waals surface area (Å²) in [6.45, 7) is 3.88. The molecule has 1 aliphatic heterocycles. The van der Waals surface area contributed by atoms with E-state index in [0.717, 1.165) is 15.8 Å². The molecule has 1 aliphatic rings. The highest BCUT2D eigenvalue weighted by Gasteiger charge is 2.49. The number of aryl methyl sites for hydroxylation is 2. The number of Topliss-reactive ketones (excluding diaryl/α,β-unsaturated/α-hetero) is 1. The molecule has 4 aromatic rings. The van der Waals surface area contributed by atoms with Gasteiger partial charge in [0.25, 0.3) is 5.78 Å². The van der Waals surface area contributed by atoms with E-state index in [1.807, 2.05) is 26.0 Å². The number of rotatable bonds is 3. The van der Waals surface area contributed by atoms with E-state index in [-0.39, 0.29) is 16.3 Å². The molecule has 1 N–H and O–H groups in total. The second-order valence-electron chi connectivity index (χ2n) is 8.12. The van der Waals surface area contributed by atoms with Crippen molar-refractivity contribution in [3.8, 4) is 0 Å². The Labute approximate surface area is 203 Å². The van der Waals surface area contributed by atoms with Crippen LogP contribution in [-0.2, 0) is 9.59 Å². The SMILES string of the molecule is Cc1cc(C)c2nc(N3C(=O)C(=O)C(=C(O)c4ccc(Cl)cc4)C3c3ccccc3F)sc2c1. The number of aliphatic hydroxyl groups is 1. The third-order valence-electron chi connectivity index (χ3n) is 5.79. The van der Waals surface area contributed by atoms with Gasteiger partial charge in [0.15, 0.2) is 5.13 Å². The van der Waals surface area contributed by atoms with Crippen LogP contribution < -0.4 is 4.90 Å². The van der Waals surface area contributed by atoms with Crippen LogP contribution in [0.3, 0.4) is 0 Å².